The molecule has 6 heteroatoms. The molecule has 0 aromatic heterocycles. The van der Waals surface area contributed by atoms with Crippen molar-refractivity contribution >= 4 is 5.97 Å². The summed E-state index contributed by atoms with van der Waals surface area (Å²) in [6.07, 6.45) is 14.5. The maximum absolute atomic E-state index is 11.6. The first-order valence-corrected chi connectivity index (χ1v) is 13.1. The summed E-state index contributed by atoms with van der Waals surface area (Å²) in [7, 11) is 3.40. The van der Waals surface area contributed by atoms with Gasteiger partial charge < -0.3 is 24.4 Å². The Balaban J connectivity index is 2.52. The van der Waals surface area contributed by atoms with E-state index in [0.29, 0.717) is 19.3 Å². The SMILES string of the molecule is CCCCCCCC(CC[C@@H]1[C@@H](CC=CCCCC(=O)OC(C)C)[C@@H](O)C[C@H]1O)(OC)OC. The summed E-state index contributed by atoms with van der Waals surface area (Å²) in [6.45, 7) is 5.92. The fourth-order valence-electron chi connectivity index (χ4n) is 4.96. The predicted molar refractivity (Wildman–Crippen MR) is 132 cm³/mol. The van der Waals surface area contributed by atoms with Crippen molar-refractivity contribution in [3.8, 4) is 0 Å². The summed E-state index contributed by atoms with van der Waals surface area (Å²) in [5, 5.41) is 21.1. The van der Waals surface area contributed by atoms with E-state index in [2.05, 4.69) is 19.1 Å². The molecule has 0 aromatic carbocycles. The summed E-state index contributed by atoms with van der Waals surface area (Å²) in [5.74, 6) is -0.726. The third-order valence-corrected chi connectivity index (χ3v) is 6.98. The molecule has 0 heterocycles. The lowest BCUT2D eigenvalue weighted by atomic mass is 9.85. The molecule has 0 aromatic rings. The van der Waals surface area contributed by atoms with Crippen molar-refractivity contribution in [1.82, 2.24) is 0 Å². The van der Waals surface area contributed by atoms with Gasteiger partial charge in [-0.05, 0) is 64.2 Å². The molecular formula is C27H50O6. The quantitative estimate of drug-likeness (QED) is 0.118. The number of ether oxygens (including phenoxy) is 3. The molecule has 4 atom stereocenters. The highest BCUT2D eigenvalue weighted by atomic mass is 16.7. The minimum Gasteiger partial charge on any atom is -0.463 e. The maximum Gasteiger partial charge on any atom is 0.306 e. The van der Waals surface area contributed by atoms with Gasteiger partial charge in [0.15, 0.2) is 5.79 Å². The van der Waals surface area contributed by atoms with Gasteiger partial charge in [-0.1, -0.05) is 44.8 Å². The minimum atomic E-state index is -0.621. The first-order chi connectivity index (χ1) is 15.8. The topological polar surface area (TPSA) is 85.2 Å². The van der Waals surface area contributed by atoms with E-state index in [9.17, 15) is 15.0 Å². The predicted octanol–water partition coefficient (Wildman–Crippen LogP) is 5.54. The Hall–Kier alpha value is -0.950. The van der Waals surface area contributed by atoms with Crippen molar-refractivity contribution in [3.63, 3.8) is 0 Å². The van der Waals surface area contributed by atoms with E-state index in [1.807, 2.05) is 13.8 Å². The van der Waals surface area contributed by atoms with Crippen molar-refractivity contribution in [3.05, 3.63) is 12.2 Å². The molecule has 0 aliphatic heterocycles. The second-order valence-electron chi connectivity index (χ2n) is 9.86. The van der Waals surface area contributed by atoms with E-state index in [1.165, 1.54) is 25.7 Å². The number of allylic oxidation sites excluding steroid dienone is 2. The molecule has 194 valence electrons. The summed E-state index contributed by atoms with van der Waals surface area (Å²) in [6, 6.07) is 0. The van der Waals surface area contributed by atoms with Crippen LogP contribution in [0.2, 0.25) is 0 Å². The second-order valence-corrected chi connectivity index (χ2v) is 9.86. The van der Waals surface area contributed by atoms with Crippen LogP contribution in [-0.2, 0) is 19.0 Å². The van der Waals surface area contributed by atoms with Crippen LogP contribution < -0.4 is 0 Å². The number of esters is 1. The molecule has 33 heavy (non-hydrogen) atoms. The number of hydrogen-bond acceptors (Lipinski definition) is 6. The van der Waals surface area contributed by atoms with Gasteiger partial charge in [0, 0.05) is 33.5 Å². The van der Waals surface area contributed by atoms with Gasteiger partial charge in [-0.2, -0.15) is 0 Å². The third kappa shape index (κ3) is 11.3. The first kappa shape index (κ1) is 30.1. The van der Waals surface area contributed by atoms with Crippen LogP contribution in [0, 0.1) is 11.8 Å². The van der Waals surface area contributed by atoms with Gasteiger partial charge in [0.05, 0.1) is 18.3 Å². The molecule has 0 unspecified atom stereocenters. The zero-order valence-electron chi connectivity index (χ0n) is 21.8. The van der Waals surface area contributed by atoms with Crippen LogP contribution in [0.1, 0.15) is 104 Å². The van der Waals surface area contributed by atoms with Gasteiger partial charge >= 0.3 is 5.97 Å². The minimum absolute atomic E-state index is 0.0236. The van der Waals surface area contributed by atoms with Crippen molar-refractivity contribution < 1.29 is 29.2 Å². The Morgan fingerprint density at radius 2 is 1.64 bits per heavy atom. The molecular weight excluding hydrogens is 420 g/mol. The van der Waals surface area contributed by atoms with Crippen molar-refractivity contribution in [2.45, 2.75) is 128 Å². The highest BCUT2D eigenvalue weighted by Gasteiger charge is 2.42. The van der Waals surface area contributed by atoms with Crippen LogP contribution in [-0.4, -0.2) is 54.5 Å². The van der Waals surface area contributed by atoms with Crippen LogP contribution in [0.15, 0.2) is 12.2 Å². The van der Waals surface area contributed by atoms with Gasteiger partial charge in [-0.3, -0.25) is 4.79 Å². The Labute approximate surface area is 202 Å². The van der Waals surface area contributed by atoms with Gasteiger partial charge in [0.2, 0.25) is 0 Å². The Kier molecular flexibility index (Phi) is 15.2. The highest BCUT2D eigenvalue weighted by Crippen LogP contribution is 2.40. The van der Waals surface area contributed by atoms with Gasteiger partial charge in [-0.25, -0.2) is 0 Å². The van der Waals surface area contributed by atoms with E-state index in [4.69, 9.17) is 14.2 Å². The third-order valence-electron chi connectivity index (χ3n) is 6.98. The molecule has 1 rings (SSSR count). The zero-order chi connectivity index (χ0) is 24.7. The Morgan fingerprint density at radius 3 is 2.27 bits per heavy atom. The number of methoxy groups -OCH3 is 2. The number of aliphatic hydroxyl groups is 2. The maximum atomic E-state index is 11.6. The first-order valence-electron chi connectivity index (χ1n) is 13.1. The highest BCUT2D eigenvalue weighted by molar-refractivity contribution is 5.69. The molecule has 6 nitrogen and oxygen atoms in total. The summed E-state index contributed by atoms with van der Waals surface area (Å²) in [4.78, 5) is 11.6. The lowest BCUT2D eigenvalue weighted by molar-refractivity contribution is -0.218. The second kappa shape index (κ2) is 16.6. The Morgan fingerprint density at radius 1 is 0.970 bits per heavy atom. The standard InChI is InChI=1S/C27H50O6/c1-6-7-8-11-14-18-27(31-4,32-5)19-17-23-22(24(28)20-25(23)29)15-12-9-10-13-16-26(30)33-21(2)3/h9,12,21-25,28-29H,6-8,10-11,13-20H2,1-5H3/t22-,23-,24+,25-/m1/s1. The van der Waals surface area contributed by atoms with E-state index in [0.717, 1.165) is 38.5 Å². The van der Waals surface area contributed by atoms with Crippen molar-refractivity contribution in [1.29, 1.82) is 0 Å². The Bertz CT molecular complexity index is 543. The number of carbonyl (C=O) groups is 1. The lowest BCUT2D eigenvalue weighted by Crippen LogP contribution is -2.35. The normalized spacial score (nSPS) is 23.6. The molecule has 1 aliphatic rings. The molecule has 0 radical (unpaired) electrons. The monoisotopic (exact) mass is 470 g/mol. The molecule has 2 N–H and O–H groups in total. The molecule has 1 fully saturated rings. The molecule has 0 bridgehead atoms. The summed E-state index contributed by atoms with van der Waals surface area (Å²) >= 11 is 0. The van der Waals surface area contributed by atoms with E-state index in [1.54, 1.807) is 14.2 Å². The van der Waals surface area contributed by atoms with Crippen LogP contribution in [0.25, 0.3) is 0 Å². The van der Waals surface area contributed by atoms with Crippen molar-refractivity contribution in [2.24, 2.45) is 11.8 Å². The molecule has 0 amide bonds. The largest absolute Gasteiger partial charge is 0.463 e. The molecule has 1 saturated carbocycles. The van der Waals surface area contributed by atoms with Crippen LogP contribution >= 0.6 is 0 Å². The van der Waals surface area contributed by atoms with E-state index >= 15 is 0 Å². The molecule has 1 aliphatic carbocycles. The summed E-state index contributed by atoms with van der Waals surface area (Å²) in [5.41, 5.74) is 0. The van der Waals surface area contributed by atoms with Gasteiger partial charge in [0.25, 0.3) is 0 Å². The number of rotatable bonds is 18. The number of unbranched alkanes of at least 4 members (excludes halogenated alkanes) is 5. The van der Waals surface area contributed by atoms with Gasteiger partial charge in [0.1, 0.15) is 0 Å². The fraction of sp³-hybridized carbons (Fsp3) is 0.889. The molecule has 0 saturated heterocycles. The van der Waals surface area contributed by atoms with E-state index < -0.39 is 18.0 Å². The van der Waals surface area contributed by atoms with Crippen LogP contribution in [0.4, 0.5) is 0 Å². The van der Waals surface area contributed by atoms with Crippen LogP contribution in [0.5, 0.6) is 0 Å². The van der Waals surface area contributed by atoms with Crippen LogP contribution in [0.3, 0.4) is 0 Å². The smallest absolute Gasteiger partial charge is 0.306 e. The lowest BCUT2D eigenvalue weighted by Gasteiger charge is -2.33. The molecule has 0 spiro atoms. The number of carbonyl (C=O) groups excluding carboxylic acids is 1. The number of aliphatic hydroxyl groups excluding tert-OH is 2. The fourth-order valence-corrected chi connectivity index (χ4v) is 4.96. The van der Waals surface area contributed by atoms with E-state index in [-0.39, 0.29) is 23.9 Å². The zero-order valence-corrected chi connectivity index (χ0v) is 21.8. The average molecular weight is 471 g/mol. The van der Waals surface area contributed by atoms with Crippen molar-refractivity contribution in [2.75, 3.05) is 14.2 Å². The number of hydrogen-bond donors (Lipinski definition) is 2. The van der Waals surface area contributed by atoms with Gasteiger partial charge in [-0.15, -0.1) is 0 Å². The average Bonchev–Trinajstić information content (AvgIpc) is 3.04. The summed E-state index contributed by atoms with van der Waals surface area (Å²) < 4.78 is 16.8.